The van der Waals surface area contributed by atoms with Crippen LogP contribution in [0, 0.1) is 0 Å². The Hall–Kier alpha value is -2.50. The van der Waals surface area contributed by atoms with Gasteiger partial charge in [0.05, 0.1) is 12.8 Å². The number of hydrogen-bond donors (Lipinski definition) is 1. The molecule has 0 bridgehead atoms. The number of carbonyl (C=O) groups is 1. The molecule has 0 saturated heterocycles. The third-order valence-corrected chi connectivity index (χ3v) is 4.16. The summed E-state index contributed by atoms with van der Waals surface area (Å²) in [6.45, 7) is -0.132. The Labute approximate surface area is 153 Å². The molecule has 0 unspecified atom stereocenters. The second kappa shape index (κ2) is 7.17. The van der Waals surface area contributed by atoms with E-state index in [-0.39, 0.29) is 18.0 Å². The Morgan fingerprint density at radius 1 is 1.12 bits per heavy atom. The first-order valence-corrected chi connectivity index (χ1v) is 8.15. The molecule has 1 aromatic heterocycles. The van der Waals surface area contributed by atoms with Crippen LogP contribution in [-0.4, -0.2) is 17.6 Å². The molecule has 0 fully saturated rings. The highest BCUT2D eigenvalue weighted by atomic mass is 35.5. The van der Waals surface area contributed by atoms with Gasteiger partial charge in [-0.2, -0.15) is 0 Å². The van der Waals surface area contributed by atoms with Crippen molar-refractivity contribution in [3.8, 4) is 5.75 Å². The maximum absolute atomic E-state index is 12.5. The summed E-state index contributed by atoms with van der Waals surface area (Å²) in [7, 11) is 1.50. The Morgan fingerprint density at radius 3 is 2.60 bits per heavy atom. The van der Waals surface area contributed by atoms with Crippen molar-refractivity contribution in [2.75, 3.05) is 12.4 Å². The minimum atomic E-state index is -0.365. The van der Waals surface area contributed by atoms with Gasteiger partial charge in [0, 0.05) is 21.6 Å². The van der Waals surface area contributed by atoms with Crippen molar-refractivity contribution in [1.29, 1.82) is 0 Å². The molecule has 5 nitrogen and oxygen atoms in total. The molecular formula is C18H14Cl2N2O3. The highest BCUT2D eigenvalue weighted by Crippen LogP contribution is 2.27. The third kappa shape index (κ3) is 3.78. The van der Waals surface area contributed by atoms with E-state index < -0.39 is 0 Å². The van der Waals surface area contributed by atoms with E-state index in [1.165, 1.54) is 11.7 Å². The normalized spacial score (nSPS) is 10.7. The lowest BCUT2D eigenvalue weighted by Crippen LogP contribution is -2.27. The Bertz CT molecular complexity index is 1010. The molecule has 0 radical (unpaired) electrons. The number of rotatable bonds is 4. The SMILES string of the molecule is COc1ccc(Cl)cc1NC(=O)Cn1ccc2cc(Cl)ccc2c1=O. The number of hydrogen-bond acceptors (Lipinski definition) is 3. The number of benzene rings is 2. The van der Waals surface area contributed by atoms with Gasteiger partial charge in [0.25, 0.3) is 5.56 Å². The van der Waals surface area contributed by atoms with E-state index in [1.54, 1.807) is 48.7 Å². The van der Waals surface area contributed by atoms with E-state index in [1.807, 2.05) is 0 Å². The number of nitrogens with zero attached hydrogens (tertiary/aromatic N) is 1. The number of amides is 1. The number of carbonyl (C=O) groups excluding carboxylic acids is 1. The molecule has 128 valence electrons. The molecule has 0 atom stereocenters. The molecule has 0 aliphatic rings. The fraction of sp³-hybridized carbons (Fsp3) is 0.111. The lowest BCUT2D eigenvalue weighted by molar-refractivity contribution is -0.116. The smallest absolute Gasteiger partial charge is 0.258 e. The van der Waals surface area contributed by atoms with Gasteiger partial charge in [-0.15, -0.1) is 0 Å². The Kier molecular flexibility index (Phi) is 4.97. The van der Waals surface area contributed by atoms with Crippen molar-refractivity contribution >= 4 is 45.6 Å². The molecule has 0 saturated carbocycles. The van der Waals surface area contributed by atoms with Crippen LogP contribution in [0.3, 0.4) is 0 Å². The first kappa shape index (κ1) is 17.3. The minimum Gasteiger partial charge on any atom is -0.495 e. The van der Waals surface area contributed by atoms with Gasteiger partial charge in [-0.1, -0.05) is 23.2 Å². The number of nitrogens with one attached hydrogen (secondary N) is 1. The largest absolute Gasteiger partial charge is 0.495 e. The lowest BCUT2D eigenvalue weighted by Gasteiger charge is -2.12. The van der Waals surface area contributed by atoms with Gasteiger partial charge < -0.3 is 14.6 Å². The van der Waals surface area contributed by atoms with Crippen molar-refractivity contribution in [2.24, 2.45) is 0 Å². The fourth-order valence-corrected chi connectivity index (χ4v) is 2.86. The topological polar surface area (TPSA) is 60.3 Å². The fourth-order valence-electron chi connectivity index (χ4n) is 2.51. The number of anilines is 1. The van der Waals surface area contributed by atoms with E-state index in [9.17, 15) is 9.59 Å². The van der Waals surface area contributed by atoms with Crippen molar-refractivity contribution in [2.45, 2.75) is 6.54 Å². The average Bonchev–Trinajstić information content (AvgIpc) is 2.57. The molecular weight excluding hydrogens is 363 g/mol. The second-order valence-corrected chi connectivity index (χ2v) is 6.25. The standard InChI is InChI=1S/C18H14Cl2N2O3/c1-25-16-5-3-13(20)9-15(16)21-17(23)10-22-7-6-11-8-12(19)2-4-14(11)18(22)24/h2-9H,10H2,1H3,(H,21,23). The molecule has 1 amide bonds. The van der Waals surface area contributed by atoms with Gasteiger partial charge in [0.1, 0.15) is 12.3 Å². The van der Waals surface area contributed by atoms with E-state index in [0.29, 0.717) is 26.9 Å². The van der Waals surface area contributed by atoms with Crippen molar-refractivity contribution in [3.05, 3.63) is 69.1 Å². The summed E-state index contributed by atoms with van der Waals surface area (Å²) in [6, 6.07) is 11.7. The van der Waals surface area contributed by atoms with Crippen molar-refractivity contribution in [3.63, 3.8) is 0 Å². The van der Waals surface area contributed by atoms with Crippen LogP contribution in [0.15, 0.2) is 53.5 Å². The van der Waals surface area contributed by atoms with Crippen LogP contribution in [0.25, 0.3) is 10.8 Å². The van der Waals surface area contributed by atoms with Crippen LogP contribution in [0.1, 0.15) is 0 Å². The van der Waals surface area contributed by atoms with Crippen LogP contribution < -0.4 is 15.6 Å². The predicted octanol–water partition coefficient (Wildman–Crippen LogP) is 3.96. The summed E-state index contributed by atoms with van der Waals surface area (Å²) >= 11 is 11.9. The zero-order valence-corrected chi connectivity index (χ0v) is 14.8. The van der Waals surface area contributed by atoms with Gasteiger partial charge in [-0.25, -0.2) is 0 Å². The summed E-state index contributed by atoms with van der Waals surface area (Å²) in [5.41, 5.74) is 0.183. The van der Waals surface area contributed by atoms with Gasteiger partial charge in [-0.3, -0.25) is 9.59 Å². The molecule has 3 rings (SSSR count). The molecule has 3 aromatic rings. The maximum atomic E-state index is 12.5. The molecule has 1 N–H and O–H groups in total. The van der Waals surface area contributed by atoms with Crippen LogP contribution in [0.5, 0.6) is 5.75 Å². The highest BCUT2D eigenvalue weighted by molar-refractivity contribution is 6.31. The van der Waals surface area contributed by atoms with Crippen LogP contribution >= 0.6 is 23.2 Å². The molecule has 7 heteroatoms. The first-order chi connectivity index (χ1) is 12.0. The van der Waals surface area contributed by atoms with Crippen molar-refractivity contribution < 1.29 is 9.53 Å². The monoisotopic (exact) mass is 376 g/mol. The summed E-state index contributed by atoms with van der Waals surface area (Å²) in [6.07, 6.45) is 1.57. The van der Waals surface area contributed by atoms with Gasteiger partial charge in [-0.05, 0) is 47.9 Å². The van der Waals surface area contributed by atoms with Gasteiger partial charge >= 0.3 is 0 Å². The summed E-state index contributed by atoms with van der Waals surface area (Å²) < 4.78 is 6.53. The van der Waals surface area contributed by atoms with Crippen molar-refractivity contribution in [1.82, 2.24) is 4.57 Å². The number of pyridine rings is 1. The summed E-state index contributed by atoms with van der Waals surface area (Å²) in [5, 5.41) is 4.95. The van der Waals surface area contributed by atoms with Crippen LogP contribution in [-0.2, 0) is 11.3 Å². The third-order valence-electron chi connectivity index (χ3n) is 3.69. The van der Waals surface area contributed by atoms with Crippen LogP contribution in [0.2, 0.25) is 10.0 Å². The second-order valence-electron chi connectivity index (χ2n) is 5.37. The summed E-state index contributed by atoms with van der Waals surface area (Å²) in [5.74, 6) is 0.120. The van der Waals surface area contributed by atoms with E-state index >= 15 is 0 Å². The molecule has 0 aliphatic heterocycles. The van der Waals surface area contributed by atoms with Crippen LogP contribution in [0.4, 0.5) is 5.69 Å². The quantitative estimate of drug-likeness (QED) is 0.749. The zero-order valence-electron chi connectivity index (χ0n) is 13.3. The molecule has 2 aromatic carbocycles. The van der Waals surface area contributed by atoms with E-state index in [4.69, 9.17) is 27.9 Å². The number of ether oxygens (including phenoxy) is 1. The summed E-state index contributed by atoms with van der Waals surface area (Å²) in [4.78, 5) is 24.8. The van der Waals surface area contributed by atoms with E-state index in [2.05, 4.69) is 5.32 Å². The van der Waals surface area contributed by atoms with E-state index in [0.717, 1.165) is 5.39 Å². The Morgan fingerprint density at radius 2 is 1.84 bits per heavy atom. The number of halogens is 2. The first-order valence-electron chi connectivity index (χ1n) is 7.40. The molecule has 25 heavy (non-hydrogen) atoms. The molecule has 0 spiro atoms. The lowest BCUT2D eigenvalue weighted by atomic mass is 10.2. The zero-order chi connectivity index (χ0) is 18.0. The van der Waals surface area contributed by atoms with Gasteiger partial charge in [0.2, 0.25) is 5.91 Å². The molecule has 1 heterocycles. The number of aromatic nitrogens is 1. The molecule has 0 aliphatic carbocycles. The number of methoxy groups -OCH3 is 1. The maximum Gasteiger partial charge on any atom is 0.258 e. The number of fused-ring (bicyclic) bond motifs is 1. The minimum absolute atomic E-state index is 0.132. The van der Waals surface area contributed by atoms with Gasteiger partial charge in [0.15, 0.2) is 0 Å². The average molecular weight is 377 g/mol. The Balaban J connectivity index is 1.85. The highest BCUT2D eigenvalue weighted by Gasteiger charge is 2.11. The predicted molar refractivity (Wildman–Crippen MR) is 99.9 cm³/mol.